The quantitative estimate of drug-likeness (QED) is 0.508. The highest BCUT2D eigenvalue weighted by Crippen LogP contribution is 2.28. The van der Waals surface area contributed by atoms with Crippen molar-refractivity contribution >= 4 is 33.0 Å². The van der Waals surface area contributed by atoms with Crippen LogP contribution in [0, 0.1) is 33.1 Å². The van der Waals surface area contributed by atoms with Crippen molar-refractivity contribution in [2.45, 2.75) is 0 Å². The minimum Gasteiger partial charge on any atom is -0.353 e. The van der Waals surface area contributed by atoms with Crippen molar-refractivity contribution in [3.05, 3.63) is 62.1 Å². The maximum absolute atomic E-state index is 13.7. The van der Waals surface area contributed by atoms with E-state index in [0.717, 1.165) is 18.2 Å². The van der Waals surface area contributed by atoms with Gasteiger partial charge in [0.05, 0.1) is 15.1 Å². The van der Waals surface area contributed by atoms with Crippen molar-refractivity contribution in [1.82, 2.24) is 0 Å². The molecule has 2 rings (SSSR count). The molecule has 5 nitrogen and oxygen atoms in total. The number of anilines is 2. The molecule has 0 unspecified atom stereocenters. The molecular weight excluding hydrogens is 348 g/mol. The zero-order chi connectivity index (χ0) is 15.6. The molecule has 0 atom stereocenters. The molecule has 1 N–H and O–H groups in total. The van der Waals surface area contributed by atoms with Gasteiger partial charge in [0.15, 0.2) is 0 Å². The predicted molar refractivity (Wildman–Crippen MR) is 75.2 cm³/mol. The fourth-order valence-electron chi connectivity index (χ4n) is 1.63. The van der Waals surface area contributed by atoms with E-state index in [-0.39, 0.29) is 21.4 Å². The molecule has 0 heterocycles. The van der Waals surface area contributed by atoms with Gasteiger partial charge in [-0.15, -0.1) is 0 Å². The summed E-state index contributed by atoms with van der Waals surface area (Å²) >= 11 is 2.85. The van der Waals surface area contributed by atoms with E-state index in [2.05, 4.69) is 21.2 Å². The van der Waals surface area contributed by atoms with E-state index in [1.165, 1.54) is 12.1 Å². The molecule has 2 aromatic carbocycles. The lowest BCUT2D eigenvalue weighted by Gasteiger charge is -2.09. The Labute approximate surface area is 126 Å². The van der Waals surface area contributed by atoms with Gasteiger partial charge in [-0.3, -0.25) is 10.1 Å². The summed E-state index contributed by atoms with van der Waals surface area (Å²) in [5.74, 6) is -1.41. The number of halogens is 3. The van der Waals surface area contributed by atoms with E-state index < -0.39 is 22.2 Å². The van der Waals surface area contributed by atoms with Gasteiger partial charge < -0.3 is 5.32 Å². The standard InChI is InChI=1S/C13H6BrF2N3O2/c14-9-4-11(16)12(5-10(9)15)18-8-2-1-7(6-17)13(3-8)19(20)21/h1-5,18H. The van der Waals surface area contributed by atoms with Crippen LogP contribution in [-0.4, -0.2) is 4.92 Å². The second kappa shape index (κ2) is 5.85. The molecule has 0 radical (unpaired) electrons. The largest absolute Gasteiger partial charge is 0.353 e. The first-order valence-corrected chi connectivity index (χ1v) is 6.32. The average Bonchev–Trinajstić information content (AvgIpc) is 2.44. The summed E-state index contributed by atoms with van der Waals surface area (Å²) in [6.45, 7) is 0. The summed E-state index contributed by atoms with van der Waals surface area (Å²) < 4.78 is 27.0. The van der Waals surface area contributed by atoms with Gasteiger partial charge in [0.25, 0.3) is 5.69 Å². The maximum atomic E-state index is 13.7. The Kier molecular flexibility index (Phi) is 4.14. The van der Waals surface area contributed by atoms with Crippen LogP contribution in [0.1, 0.15) is 5.56 Å². The molecule has 0 spiro atoms. The number of benzene rings is 2. The SMILES string of the molecule is N#Cc1ccc(Nc2cc(F)c(Br)cc2F)cc1[N+](=O)[O-]. The Balaban J connectivity index is 2.41. The molecule has 21 heavy (non-hydrogen) atoms. The maximum Gasteiger partial charge on any atom is 0.289 e. The monoisotopic (exact) mass is 353 g/mol. The second-order valence-corrected chi connectivity index (χ2v) is 4.83. The third-order valence-corrected chi connectivity index (χ3v) is 3.21. The number of hydrogen-bond acceptors (Lipinski definition) is 4. The number of nitro benzene ring substituents is 1. The molecular formula is C13H6BrF2N3O2. The third kappa shape index (κ3) is 3.14. The fourth-order valence-corrected chi connectivity index (χ4v) is 1.94. The minimum atomic E-state index is -0.727. The van der Waals surface area contributed by atoms with E-state index in [0.29, 0.717) is 0 Å². The average molecular weight is 354 g/mol. The van der Waals surface area contributed by atoms with Gasteiger partial charge in [0.2, 0.25) is 0 Å². The van der Waals surface area contributed by atoms with Gasteiger partial charge in [0.1, 0.15) is 23.3 Å². The summed E-state index contributed by atoms with van der Waals surface area (Å²) in [7, 11) is 0. The lowest BCUT2D eigenvalue weighted by atomic mass is 10.1. The molecule has 0 aliphatic heterocycles. The molecule has 0 aliphatic rings. The zero-order valence-corrected chi connectivity index (χ0v) is 11.8. The Hall–Kier alpha value is -2.53. The van der Waals surface area contributed by atoms with Crippen LogP contribution in [0.25, 0.3) is 0 Å². The van der Waals surface area contributed by atoms with Gasteiger partial charge in [0, 0.05) is 17.8 Å². The van der Waals surface area contributed by atoms with Crippen LogP contribution in [0.4, 0.5) is 25.8 Å². The molecule has 0 amide bonds. The molecule has 106 valence electrons. The van der Waals surface area contributed by atoms with Gasteiger partial charge in [-0.25, -0.2) is 8.78 Å². The summed E-state index contributed by atoms with van der Waals surface area (Å²) in [4.78, 5) is 10.1. The van der Waals surface area contributed by atoms with E-state index in [4.69, 9.17) is 5.26 Å². The fraction of sp³-hybridized carbons (Fsp3) is 0. The van der Waals surface area contributed by atoms with Crippen molar-refractivity contribution < 1.29 is 13.7 Å². The Morgan fingerprint density at radius 1 is 1.24 bits per heavy atom. The first-order chi connectivity index (χ1) is 9.92. The van der Waals surface area contributed by atoms with Crippen molar-refractivity contribution in [2.24, 2.45) is 0 Å². The second-order valence-electron chi connectivity index (χ2n) is 3.97. The Bertz CT molecular complexity index is 775. The number of nitrogens with one attached hydrogen (secondary N) is 1. The topological polar surface area (TPSA) is 79.0 Å². The first-order valence-electron chi connectivity index (χ1n) is 5.52. The molecule has 2 aromatic rings. The number of nitro groups is 1. The minimum absolute atomic E-state index is 0.0311. The van der Waals surface area contributed by atoms with Crippen molar-refractivity contribution in [3.63, 3.8) is 0 Å². The Morgan fingerprint density at radius 2 is 1.95 bits per heavy atom. The molecule has 8 heteroatoms. The van der Waals surface area contributed by atoms with Crippen LogP contribution in [0.2, 0.25) is 0 Å². The van der Waals surface area contributed by atoms with Crippen LogP contribution in [0.3, 0.4) is 0 Å². The van der Waals surface area contributed by atoms with Crippen molar-refractivity contribution in [2.75, 3.05) is 5.32 Å². The first kappa shape index (κ1) is 14.9. The summed E-state index contributed by atoms with van der Waals surface area (Å²) in [5, 5.41) is 22.1. The van der Waals surface area contributed by atoms with E-state index >= 15 is 0 Å². The number of nitriles is 1. The van der Waals surface area contributed by atoms with Crippen LogP contribution in [0.15, 0.2) is 34.8 Å². The molecule has 0 saturated heterocycles. The van der Waals surface area contributed by atoms with Crippen LogP contribution < -0.4 is 5.32 Å². The highest BCUT2D eigenvalue weighted by atomic mass is 79.9. The third-order valence-electron chi connectivity index (χ3n) is 2.60. The zero-order valence-electron chi connectivity index (χ0n) is 10.2. The molecule has 0 saturated carbocycles. The molecule has 0 aliphatic carbocycles. The molecule has 0 aromatic heterocycles. The highest BCUT2D eigenvalue weighted by Gasteiger charge is 2.15. The number of rotatable bonds is 3. The predicted octanol–water partition coefficient (Wildman–Crippen LogP) is 4.25. The van der Waals surface area contributed by atoms with Gasteiger partial charge >= 0.3 is 0 Å². The number of nitrogens with zero attached hydrogens (tertiary/aromatic N) is 2. The summed E-state index contributed by atoms with van der Waals surface area (Å²) in [6, 6.07) is 7.22. The van der Waals surface area contributed by atoms with Crippen LogP contribution >= 0.6 is 15.9 Å². The smallest absolute Gasteiger partial charge is 0.289 e. The normalized spacial score (nSPS) is 10.0. The van der Waals surface area contributed by atoms with E-state index in [1.807, 2.05) is 0 Å². The van der Waals surface area contributed by atoms with Crippen molar-refractivity contribution in [3.8, 4) is 6.07 Å². The lowest BCUT2D eigenvalue weighted by molar-refractivity contribution is -0.385. The lowest BCUT2D eigenvalue weighted by Crippen LogP contribution is -1.98. The van der Waals surface area contributed by atoms with Crippen LogP contribution in [-0.2, 0) is 0 Å². The Morgan fingerprint density at radius 3 is 2.57 bits per heavy atom. The summed E-state index contributed by atoms with van der Waals surface area (Å²) in [5.41, 5.74) is -0.537. The van der Waals surface area contributed by atoms with Gasteiger partial charge in [-0.1, -0.05) is 0 Å². The van der Waals surface area contributed by atoms with E-state index in [9.17, 15) is 18.9 Å². The van der Waals surface area contributed by atoms with Crippen molar-refractivity contribution in [1.29, 1.82) is 5.26 Å². The van der Waals surface area contributed by atoms with Gasteiger partial charge in [-0.2, -0.15) is 5.26 Å². The van der Waals surface area contributed by atoms with Gasteiger partial charge in [-0.05, 0) is 34.1 Å². The number of hydrogen-bond donors (Lipinski definition) is 1. The van der Waals surface area contributed by atoms with Crippen LogP contribution in [0.5, 0.6) is 0 Å². The highest BCUT2D eigenvalue weighted by molar-refractivity contribution is 9.10. The molecule has 0 fully saturated rings. The summed E-state index contributed by atoms with van der Waals surface area (Å²) in [6.07, 6.45) is 0. The molecule has 0 bridgehead atoms. The van der Waals surface area contributed by atoms with E-state index in [1.54, 1.807) is 6.07 Å².